The normalized spacial score (nSPS) is 15.3. The van der Waals surface area contributed by atoms with Crippen molar-refractivity contribution < 1.29 is 0 Å². The third-order valence-corrected chi connectivity index (χ3v) is 3.93. The quantitative estimate of drug-likeness (QED) is 0.843. The highest BCUT2D eigenvalue weighted by Crippen LogP contribution is 2.30. The maximum atomic E-state index is 9.26. The van der Waals surface area contributed by atoms with Crippen LogP contribution in [0.25, 0.3) is 5.57 Å². The van der Waals surface area contributed by atoms with Crippen molar-refractivity contribution in [2.45, 2.75) is 26.2 Å². The van der Waals surface area contributed by atoms with Gasteiger partial charge in [0.25, 0.3) is 0 Å². The highest BCUT2D eigenvalue weighted by atomic mass is 15.5. The lowest BCUT2D eigenvalue weighted by atomic mass is 10.1. The zero-order valence-corrected chi connectivity index (χ0v) is 13.1. The Hall–Kier alpha value is -2.88. The maximum Gasteiger partial charge on any atom is 0.216 e. The van der Waals surface area contributed by atoms with E-state index in [0.717, 1.165) is 24.5 Å². The predicted molar refractivity (Wildman–Crippen MR) is 88.6 cm³/mol. The van der Waals surface area contributed by atoms with E-state index in [4.69, 9.17) is 0 Å². The second-order valence-electron chi connectivity index (χ2n) is 5.62. The van der Waals surface area contributed by atoms with E-state index in [1.54, 1.807) is 6.20 Å². The Balaban J connectivity index is 1.87. The smallest absolute Gasteiger partial charge is 0.216 e. The van der Waals surface area contributed by atoms with E-state index in [-0.39, 0.29) is 5.82 Å². The molecule has 0 radical (unpaired) electrons. The van der Waals surface area contributed by atoms with Crippen LogP contribution >= 0.6 is 0 Å². The van der Waals surface area contributed by atoms with Crippen LogP contribution in [0.5, 0.6) is 0 Å². The zero-order chi connectivity index (χ0) is 16.1. The molecule has 118 valence electrons. The Labute approximate surface area is 135 Å². The van der Waals surface area contributed by atoms with E-state index in [1.807, 2.05) is 0 Å². The molecule has 0 amide bonds. The standard InChI is InChI=1S/C16H19N7/c1-12-5-6-15(23-7-3-2-4-8-23)14(9-12)18-11-13(10-17)16-19-21-22-20-16/h5-6,9,11,18H,2-4,7-8H2,1H3,(H,19,20,21,22). The number of nitriles is 1. The first-order chi connectivity index (χ1) is 11.3. The molecule has 0 atom stereocenters. The molecule has 7 heteroatoms. The highest BCUT2D eigenvalue weighted by molar-refractivity contribution is 5.78. The Bertz CT molecular complexity index is 721. The summed E-state index contributed by atoms with van der Waals surface area (Å²) in [6.07, 6.45) is 5.36. The second kappa shape index (κ2) is 6.92. The molecule has 23 heavy (non-hydrogen) atoms. The number of rotatable bonds is 4. The largest absolute Gasteiger partial charge is 0.370 e. The number of aromatic amines is 1. The van der Waals surface area contributed by atoms with E-state index in [2.05, 4.69) is 62.0 Å². The van der Waals surface area contributed by atoms with Crippen LogP contribution in [0.1, 0.15) is 30.7 Å². The second-order valence-corrected chi connectivity index (χ2v) is 5.62. The number of aromatic nitrogens is 4. The van der Waals surface area contributed by atoms with Crippen molar-refractivity contribution in [3.05, 3.63) is 35.8 Å². The first kappa shape index (κ1) is 15.0. The molecule has 2 aromatic rings. The van der Waals surface area contributed by atoms with Gasteiger partial charge in [0.1, 0.15) is 11.6 Å². The fourth-order valence-corrected chi connectivity index (χ4v) is 2.75. The fraction of sp³-hybridized carbons (Fsp3) is 0.375. The minimum Gasteiger partial charge on any atom is -0.370 e. The Morgan fingerprint density at radius 3 is 2.87 bits per heavy atom. The van der Waals surface area contributed by atoms with Crippen molar-refractivity contribution in [3.8, 4) is 6.07 Å². The summed E-state index contributed by atoms with van der Waals surface area (Å²) in [5.41, 5.74) is 3.66. The lowest BCUT2D eigenvalue weighted by Crippen LogP contribution is -2.29. The number of hydrogen-bond donors (Lipinski definition) is 2. The third-order valence-electron chi connectivity index (χ3n) is 3.93. The topological polar surface area (TPSA) is 93.5 Å². The number of hydrogen-bond acceptors (Lipinski definition) is 6. The van der Waals surface area contributed by atoms with Crippen LogP contribution in [0.4, 0.5) is 11.4 Å². The van der Waals surface area contributed by atoms with Gasteiger partial charge in [-0.05, 0) is 49.1 Å². The molecular formula is C16H19N7. The highest BCUT2D eigenvalue weighted by Gasteiger charge is 2.14. The number of nitrogens with one attached hydrogen (secondary N) is 2. The van der Waals surface area contributed by atoms with Gasteiger partial charge in [0.2, 0.25) is 5.82 Å². The molecule has 0 unspecified atom stereocenters. The molecule has 1 aliphatic heterocycles. The van der Waals surface area contributed by atoms with Gasteiger partial charge in [-0.15, -0.1) is 10.2 Å². The lowest BCUT2D eigenvalue weighted by Gasteiger charge is -2.30. The van der Waals surface area contributed by atoms with Crippen molar-refractivity contribution >= 4 is 16.9 Å². The molecule has 2 heterocycles. The van der Waals surface area contributed by atoms with E-state index in [0.29, 0.717) is 5.57 Å². The average Bonchev–Trinajstić information content (AvgIpc) is 3.11. The van der Waals surface area contributed by atoms with Crippen molar-refractivity contribution in [3.63, 3.8) is 0 Å². The van der Waals surface area contributed by atoms with Crippen LogP contribution < -0.4 is 10.2 Å². The van der Waals surface area contributed by atoms with Gasteiger partial charge in [0.05, 0.1) is 11.4 Å². The number of tetrazole rings is 1. The number of piperidine rings is 1. The molecule has 0 aliphatic carbocycles. The van der Waals surface area contributed by atoms with E-state index < -0.39 is 0 Å². The number of anilines is 2. The monoisotopic (exact) mass is 309 g/mol. The van der Waals surface area contributed by atoms with Crippen LogP contribution in [-0.2, 0) is 0 Å². The number of allylic oxidation sites excluding steroid dienone is 1. The summed E-state index contributed by atoms with van der Waals surface area (Å²) < 4.78 is 0. The molecule has 3 rings (SSSR count). The first-order valence-electron chi connectivity index (χ1n) is 7.74. The minimum atomic E-state index is 0.284. The Morgan fingerprint density at radius 2 is 2.17 bits per heavy atom. The zero-order valence-electron chi connectivity index (χ0n) is 13.1. The first-order valence-corrected chi connectivity index (χ1v) is 7.74. The molecule has 1 aliphatic rings. The SMILES string of the molecule is Cc1ccc(N2CCCCC2)c(NC=C(C#N)c2nn[nH]n2)c1. The molecule has 1 fully saturated rings. The van der Waals surface area contributed by atoms with Gasteiger partial charge in [0, 0.05) is 19.3 Å². The van der Waals surface area contributed by atoms with E-state index in [9.17, 15) is 5.26 Å². The number of H-pyrrole nitrogens is 1. The molecule has 0 bridgehead atoms. The van der Waals surface area contributed by atoms with Crippen LogP contribution in [0.3, 0.4) is 0 Å². The van der Waals surface area contributed by atoms with Gasteiger partial charge >= 0.3 is 0 Å². The van der Waals surface area contributed by atoms with Gasteiger partial charge in [-0.3, -0.25) is 0 Å². The molecule has 0 saturated carbocycles. The van der Waals surface area contributed by atoms with Crippen LogP contribution in [-0.4, -0.2) is 33.7 Å². The third kappa shape index (κ3) is 3.48. The van der Waals surface area contributed by atoms with Crippen molar-refractivity contribution in [1.82, 2.24) is 20.6 Å². The summed E-state index contributed by atoms with van der Waals surface area (Å²) in [7, 11) is 0. The molecule has 1 saturated heterocycles. The van der Waals surface area contributed by atoms with E-state index >= 15 is 0 Å². The summed E-state index contributed by atoms with van der Waals surface area (Å²) in [6.45, 7) is 4.19. The molecule has 1 aromatic carbocycles. The minimum absolute atomic E-state index is 0.284. The van der Waals surface area contributed by atoms with Gasteiger partial charge < -0.3 is 10.2 Å². The van der Waals surface area contributed by atoms with Crippen molar-refractivity contribution in [1.29, 1.82) is 5.26 Å². The van der Waals surface area contributed by atoms with Crippen LogP contribution in [0, 0.1) is 18.3 Å². The summed E-state index contributed by atoms with van der Waals surface area (Å²) in [4.78, 5) is 2.39. The summed E-state index contributed by atoms with van der Waals surface area (Å²) in [6, 6.07) is 8.43. The molecule has 7 nitrogen and oxygen atoms in total. The summed E-state index contributed by atoms with van der Waals surface area (Å²) in [5.74, 6) is 0.284. The van der Waals surface area contributed by atoms with Crippen LogP contribution in [0.2, 0.25) is 0 Å². The summed E-state index contributed by atoms with van der Waals surface area (Å²) >= 11 is 0. The average molecular weight is 309 g/mol. The van der Waals surface area contributed by atoms with Gasteiger partial charge in [-0.25, -0.2) is 0 Å². The van der Waals surface area contributed by atoms with Gasteiger partial charge in [-0.1, -0.05) is 6.07 Å². The molecular weight excluding hydrogens is 290 g/mol. The van der Waals surface area contributed by atoms with Crippen molar-refractivity contribution in [2.24, 2.45) is 0 Å². The maximum absolute atomic E-state index is 9.26. The van der Waals surface area contributed by atoms with Crippen molar-refractivity contribution in [2.75, 3.05) is 23.3 Å². The van der Waals surface area contributed by atoms with E-state index in [1.165, 1.54) is 24.8 Å². The molecule has 0 spiro atoms. The summed E-state index contributed by atoms with van der Waals surface area (Å²) in [5, 5.41) is 26.0. The lowest BCUT2D eigenvalue weighted by molar-refractivity contribution is 0.578. The molecule has 1 aromatic heterocycles. The number of aryl methyl sites for hydroxylation is 1. The number of nitrogens with zero attached hydrogens (tertiary/aromatic N) is 5. The predicted octanol–water partition coefficient (Wildman–Crippen LogP) is 2.47. The van der Waals surface area contributed by atoms with Gasteiger partial charge in [0.15, 0.2) is 0 Å². The molecule has 2 N–H and O–H groups in total. The fourth-order valence-electron chi connectivity index (χ4n) is 2.75. The van der Waals surface area contributed by atoms with Crippen LogP contribution in [0.15, 0.2) is 24.4 Å². The Kier molecular flexibility index (Phi) is 4.52. The van der Waals surface area contributed by atoms with Gasteiger partial charge in [-0.2, -0.15) is 10.5 Å². The Morgan fingerprint density at radius 1 is 1.35 bits per heavy atom. The number of benzene rings is 1.